The quantitative estimate of drug-likeness (QED) is 0.946. The number of benzene rings is 1. The number of aromatic nitrogens is 1. The van der Waals surface area contributed by atoms with E-state index >= 15 is 0 Å². The van der Waals surface area contributed by atoms with Crippen LogP contribution >= 0.6 is 15.9 Å². The Kier molecular flexibility index (Phi) is 3.49. The molecule has 4 nitrogen and oxygen atoms in total. The number of rotatable bonds is 3. The molecule has 90 valence electrons. The molecule has 1 aromatic heterocycles. The molecule has 1 heterocycles. The van der Waals surface area contributed by atoms with E-state index in [0.717, 1.165) is 27.2 Å². The molecule has 0 aliphatic heterocycles. The number of methoxy groups -OCH3 is 1. The van der Waals surface area contributed by atoms with Crippen molar-refractivity contribution >= 4 is 15.9 Å². The lowest BCUT2D eigenvalue weighted by Gasteiger charge is -2.04. The van der Waals surface area contributed by atoms with Gasteiger partial charge < -0.3 is 14.9 Å². The minimum Gasteiger partial charge on any atom is -0.496 e. The molecule has 17 heavy (non-hydrogen) atoms. The first-order chi connectivity index (χ1) is 8.15. The molecule has 0 unspecified atom stereocenters. The summed E-state index contributed by atoms with van der Waals surface area (Å²) >= 11 is 3.44. The van der Waals surface area contributed by atoms with Gasteiger partial charge in [-0.1, -0.05) is 0 Å². The van der Waals surface area contributed by atoms with Gasteiger partial charge in [0.2, 0.25) is 5.89 Å². The molecular formula is C12H13BrN2O2. The van der Waals surface area contributed by atoms with Crippen LogP contribution in [0.3, 0.4) is 0 Å². The van der Waals surface area contributed by atoms with Crippen molar-refractivity contribution in [3.05, 3.63) is 34.3 Å². The van der Waals surface area contributed by atoms with Crippen LogP contribution in [0.4, 0.5) is 0 Å². The second kappa shape index (κ2) is 4.89. The smallest absolute Gasteiger partial charge is 0.208 e. The van der Waals surface area contributed by atoms with E-state index < -0.39 is 0 Å². The van der Waals surface area contributed by atoms with Gasteiger partial charge in [-0.15, -0.1) is 0 Å². The summed E-state index contributed by atoms with van der Waals surface area (Å²) in [5.74, 6) is 2.10. The lowest BCUT2D eigenvalue weighted by Crippen LogP contribution is -1.95. The number of ether oxygens (including phenoxy) is 1. The highest BCUT2D eigenvalue weighted by Crippen LogP contribution is 2.31. The second-order valence-electron chi connectivity index (χ2n) is 3.57. The second-order valence-corrected chi connectivity index (χ2v) is 4.42. The molecule has 0 atom stereocenters. The monoisotopic (exact) mass is 296 g/mol. The van der Waals surface area contributed by atoms with E-state index in [1.807, 2.05) is 25.1 Å². The average Bonchev–Trinajstić information content (AvgIpc) is 2.70. The van der Waals surface area contributed by atoms with E-state index in [1.165, 1.54) is 0 Å². The zero-order valence-corrected chi connectivity index (χ0v) is 11.2. The maximum atomic E-state index is 5.50. The van der Waals surface area contributed by atoms with E-state index in [-0.39, 0.29) is 0 Å². The summed E-state index contributed by atoms with van der Waals surface area (Å²) in [6.07, 6.45) is 0. The SMILES string of the molecule is COc1ccc(-c2nc(CN)oc2C)cc1Br. The maximum absolute atomic E-state index is 5.50. The fourth-order valence-electron chi connectivity index (χ4n) is 1.62. The van der Waals surface area contributed by atoms with Gasteiger partial charge in [0, 0.05) is 5.56 Å². The van der Waals surface area contributed by atoms with Crippen LogP contribution in [-0.2, 0) is 6.54 Å². The Morgan fingerprint density at radius 3 is 2.76 bits per heavy atom. The number of hydrogen-bond donors (Lipinski definition) is 1. The van der Waals surface area contributed by atoms with E-state index in [4.69, 9.17) is 14.9 Å². The zero-order valence-electron chi connectivity index (χ0n) is 9.66. The lowest BCUT2D eigenvalue weighted by molar-refractivity contribution is 0.412. The standard InChI is InChI=1S/C12H13BrN2O2/c1-7-12(15-11(6-14)17-7)8-3-4-10(16-2)9(13)5-8/h3-5H,6,14H2,1-2H3. The van der Waals surface area contributed by atoms with Crippen LogP contribution in [0.2, 0.25) is 0 Å². The first-order valence-corrected chi connectivity index (χ1v) is 5.95. The van der Waals surface area contributed by atoms with Crippen LogP contribution in [0.5, 0.6) is 5.75 Å². The Labute approximate surface area is 108 Å². The molecule has 2 rings (SSSR count). The minimum atomic E-state index is 0.304. The summed E-state index contributed by atoms with van der Waals surface area (Å²) in [5.41, 5.74) is 7.28. The van der Waals surface area contributed by atoms with Crippen molar-refractivity contribution in [1.82, 2.24) is 4.98 Å². The van der Waals surface area contributed by atoms with Crippen LogP contribution in [0, 0.1) is 6.92 Å². The molecule has 0 saturated heterocycles. The third-order valence-corrected chi connectivity index (χ3v) is 3.06. The van der Waals surface area contributed by atoms with Crippen molar-refractivity contribution in [1.29, 1.82) is 0 Å². The van der Waals surface area contributed by atoms with Gasteiger partial charge in [-0.3, -0.25) is 0 Å². The topological polar surface area (TPSA) is 61.3 Å². The molecule has 2 aromatic rings. The third-order valence-electron chi connectivity index (χ3n) is 2.44. The summed E-state index contributed by atoms with van der Waals surface area (Å²) in [4.78, 5) is 4.34. The fourth-order valence-corrected chi connectivity index (χ4v) is 2.16. The molecule has 0 amide bonds. The summed E-state index contributed by atoms with van der Waals surface area (Å²) in [7, 11) is 1.63. The van der Waals surface area contributed by atoms with Crippen molar-refractivity contribution in [3.8, 4) is 17.0 Å². The molecule has 0 radical (unpaired) electrons. The minimum absolute atomic E-state index is 0.304. The number of nitrogens with two attached hydrogens (primary N) is 1. The molecule has 0 saturated carbocycles. The lowest BCUT2D eigenvalue weighted by atomic mass is 10.1. The molecule has 1 aromatic carbocycles. The summed E-state index contributed by atoms with van der Waals surface area (Å²) in [6, 6.07) is 5.77. The van der Waals surface area contributed by atoms with Crippen LogP contribution in [0.1, 0.15) is 11.7 Å². The summed E-state index contributed by atoms with van der Waals surface area (Å²) in [6.45, 7) is 2.18. The molecule has 2 N–H and O–H groups in total. The zero-order chi connectivity index (χ0) is 12.4. The summed E-state index contributed by atoms with van der Waals surface area (Å²) in [5, 5.41) is 0. The molecule has 5 heteroatoms. The fraction of sp³-hybridized carbons (Fsp3) is 0.250. The van der Waals surface area contributed by atoms with Crippen molar-refractivity contribution < 1.29 is 9.15 Å². The van der Waals surface area contributed by atoms with Crippen molar-refractivity contribution in [2.75, 3.05) is 7.11 Å². The van der Waals surface area contributed by atoms with Gasteiger partial charge in [-0.2, -0.15) is 0 Å². The van der Waals surface area contributed by atoms with Gasteiger partial charge in [0.05, 0.1) is 18.1 Å². The Morgan fingerprint density at radius 1 is 1.47 bits per heavy atom. The van der Waals surface area contributed by atoms with E-state index in [0.29, 0.717) is 12.4 Å². The largest absolute Gasteiger partial charge is 0.496 e. The van der Waals surface area contributed by atoms with Gasteiger partial charge >= 0.3 is 0 Å². The van der Waals surface area contributed by atoms with E-state index in [1.54, 1.807) is 7.11 Å². The normalized spacial score (nSPS) is 10.6. The molecule has 0 aliphatic rings. The number of nitrogens with zero attached hydrogens (tertiary/aromatic N) is 1. The highest BCUT2D eigenvalue weighted by atomic mass is 79.9. The Balaban J connectivity index is 2.45. The van der Waals surface area contributed by atoms with Crippen molar-refractivity contribution in [2.45, 2.75) is 13.5 Å². The predicted molar refractivity (Wildman–Crippen MR) is 68.8 cm³/mol. The van der Waals surface area contributed by atoms with Gasteiger partial charge in [0.25, 0.3) is 0 Å². The third kappa shape index (κ3) is 2.35. The van der Waals surface area contributed by atoms with E-state index in [9.17, 15) is 0 Å². The average molecular weight is 297 g/mol. The Hall–Kier alpha value is -1.33. The molecular weight excluding hydrogens is 284 g/mol. The first kappa shape index (κ1) is 12.1. The van der Waals surface area contributed by atoms with E-state index in [2.05, 4.69) is 20.9 Å². The van der Waals surface area contributed by atoms with Crippen LogP contribution in [0.15, 0.2) is 27.1 Å². The molecule has 0 aliphatic carbocycles. The maximum Gasteiger partial charge on any atom is 0.208 e. The van der Waals surface area contributed by atoms with Crippen LogP contribution in [0.25, 0.3) is 11.3 Å². The van der Waals surface area contributed by atoms with Crippen molar-refractivity contribution in [3.63, 3.8) is 0 Å². The number of hydrogen-bond acceptors (Lipinski definition) is 4. The molecule has 0 spiro atoms. The van der Waals surface area contributed by atoms with Crippen LogP contribution < -0.4 is 10.5 Å². The summed E-state index contributed by atoms with van der Waals surface area (Å²) < 4.78 is 11.5. The van der Waals surface area contributed by atoms with Gasteiger partial charge in [-0.05, 0) is 41.1 Å². The van der Waals surface area contributed by atoms with Gasteiger partial charge in [0.1, 0.15) is 17.2 Å². The Morgan fingerprint density at radius 2 is 2.24 bits per heavy atom. The number of halogens is 1. The number of oxazole rings is 1. The van der Waals surface area contributed by atoms with Crippen LogP contribution in [-0.4, -0.2) is 12.1 Å². The first-order valence-electron chi connectivity index (χ1n) is 5.16. The Bertz CT molecular complexity index is 537. The van der Waals surface area contributed by atoms with Gasteiger partial charge in [0.15, 0.2) is 0 Å². The van der Waals surface area contributed by atoms with Crippen molar-refractivity contribution in [2.24, 2.45) is 5.73 Å². The number of aryl methyl sites for hydroxylation is 1. The predicted octanol–water partition coefficient (Wildman–Crippen LogP) is 2.88. The molecule has 0 fully saturated rings. The van der Waals surface area contributed by atoms with Gasteiger partial charge in [-0.25, -0.2) is 4.98 Å². The highest BCUT2D eigenvalue weighted by Gasteiger charge is 2.12. The molecule has 0 bridgehead atoms. The highest BCUT2D eigenvalue weighted by molar-refractivity contribution is 9.10.